The Bertz CT molecular complexity index is 334. The number of rotatable bonds is 3. The molecule has 0 amide bonds. The molecule has 1 rings (SSSR count). The molecule has 0 aliphatic carbocycles. The van der Waals surface area contributed by atoms with E-state index in [-0.39, 0.29) is 0 Å². The van der Waals surface area contributed by atoms with E-state index >= 15 is 0 Å². The molecule has 2 nitrogen and oxygen atoms in total. The number of unbranched alkanes of at least 4 members (excludes halogenated alkanes) is 1. The van der Waals surface area contributed by atoms with Crippen molar-refractivity contribution in [2.45, 2.75) is 40.0 Å². The van der Waals surface area contributed by atoms with Crippen LogP contribution in [0.4, 0.5) is 0 Å². The number of benzene rings is 1. The average Bonchev–Trinajstić information content (AvgIpc) is 2.28. The van der Waals surface area contributed by atoms with Crippen LogP contribution in [0.25, 0.3) is 0 Å². The molecule has 0 bridgehead atoms. The molecule has 0 aromatic heterocycles. The SMILES string of the molecule is CC.CCCCc1ccccc1.CS(C)(=O)=O. The van der Waals surface area contributed by atoms with Gasteiger partial charge >= 0.3 is 0 Å². The molecule has 0 heterocycles. The second kappa shape index (κ2) is 11.6. The van der Waals surface area contributed by atoms with E-state index in [1.165, 1.54) is 24.8 Å². The number of sulfone groups is 1. The van der Waals surface area contributed by atoms with E-state index in [9.17, 15) is 8.42 Å². The topological polar surface area (TPSA) is 34.1 Å². The maximum atomic E-state index is 9.63. The van der Waals surface area contributed by atoms with Crippen LogP contribution in [0.2, 0.25) is 0 Å². The summed E-state index contributed by atoms with van der Waals surface area (Å²) in [6, 6.07) is 10.6. The van der Waals surface area contributed by atoms with Gasteiger partial charge < -0.3 is 0 Å². The Morgan fingerprint density at radius 1 is 1.00 bits per heavy atom. The fourth-order valence-corrected chi connectivity index (χ4v) is 1.03. The third-order valence-electron chi connectivity index (χ3n) is 1.66. The van der Waals surface area contributed by atoms with Gasteiger partial charge in [0.25, 0.3) is 0 Å². The molecule has 0 atom stereocenters. The Balaban J connectivity index is 0. The van der Waals surface area contributed by atoms with Gasteiger partial charge in [-0.15, -0.1) is 0 Å². The minimum Gasteiger partial charge on any atom is -0.229 e. The second-order valence-corrected chi connectivity index (χ2v) is 6.02. The summed E-state index contributed by atoms with van der Waals surface area (Å²) in [5, 5.41) is 0. The fourth-order valence-electron chi connectivity index (χ4n) is 1.03. The third kappa shape index (κ3) is 21.1. The molecular formula is C14H26O2S. The standard InChI is InChI=1S/C10H14.C2H6O2S.C2H6/c1-2-3-7-10-8-5-4-6-9-10;1-5(2,3)4;1-2/h4-6,8-9H,2-3,7H2,1H3;1-2H3;1-2H3. The van der Waals surface area contributed by atoms with E-state index in [1.807, 2.05) is 13.8 Å². The van der Waals surface area contributed by atoms with Gasteiger partial charge in [0.2, 0.25) is 0 Å². The Morgan fingerprint density at radius 3 is 1.76 bits per heavy atom. The highest BCUT2D eigenvalue weighted by Crippen LogP contribution is 2.03. The van der Waals surface area contributed by atoms with Crippen molar-refractivity contribution >= 4 is 9.84 Å². The molecule has 3 heteroatoms. The Kier molecular flexibility index (Phi) is 12.7. The van der Waals surface area contributed by atoms with Crippen molar-refractivity contribution in [2.75, 3.05) is 12.5 Å². The molecule has 0 spiro atoms. The van der Waals surface area contributed by atoms with E-state index in [0.29, 0.717) is 0 Å². The first-order valence-corrected chi connectivity index (χ1v) is 8.42. The van der Waals surface area contributed by atoms with Crippen molar-refractivity contribution in [1.29, 1.82) is 0 Å². The van der Waals surface area contributed by atoms with Gasteiger partial charge in [0.1, 0.15) is 9.84 Å². The average molecular weight is 258 g/mol. The Hall–Kier alpha value is -0.830. The molecule has 0 fully saturated rings. The minimum atomic E-state index is -2.67. The van der Waals surface area contributed by atoms with Crippen molar-refractivity contribution in [3.63, 3.8) is 0 Å². The second-order valence-electron chi connectivity index (χ2n) is 3.73. The van der Waals surface area contributed by atoms with Gasteiger partial charge in [0, 0.05) is 12.5 Å². The van der Waals surface area contributed by atoms with Crippen molar-refractivity contribution in [3.8, 4) is 0 Å². The molecule has 100 valence electrons. The molecule has 0 unspecified atom stereocenters. The van der Waals surface area contributed by atoms with Crippen molar-refractivity contribution in [2.24, 2.45) is 0 Å². The molecule has 1 aromatic rings. The van der Waals surface area contributed by atoms with Crippen LogP contribution < -0.4 is 0 Å². The highest BCUT2D eigenvalue weighted by Gasteiger charge is 1.87. The lowest BCUT2D eigenvalue weighted by Gasteiger charge is -1.96. The summed E-state index contributed by atoms with van der Waals surface area (Å²) < 4.78 is 19.3. The summed E-state index contributed by atoms with van der Waals surface area (Å²) in [5.41, 5.74) is 1.46. The summed E-state index contributed by atoms with van der Waals surface area (Å²) in [5.74, 6) is 0. The third-order valence-corrected chi connectivity index (χ3v) is 1.66. The monoisotopic (exact) mass is 258 g/mol. The molecule has 0 saturated heterocycles. The van der Waals surface area contributed by atoms with Crippen LogP contribution in [0.1, 0.15) is 39.2 Å². The molecule has 0 radical (unpaired) electrons. The van der Waals surface area contributed by atoms with Gasteiger partial charge in [0.15, 0.2) is 0 Å². The zero-order chi connectivity index (χ0) is 13.7. The highest BCUT2D eigenvalue weighted by molar-refractivity contribution is 7.89. The first kappa shape index (κ1) is 18.5. The Morgan fingerprint density at radius 2 is 1.41 bits per heavy atom. The van der Waals surface area contributed by atoms with Gasteiger partial charge in [0.05, 0.1) is 0 Å². The van der Waals surface area contributed by atoms with Crippen LogP contribution in [0.3, 0.4) is 0 Å². The van der Waals surface area contributed by atoms with E-state index < -0.39 is 9.84 Å². The van der Waals surface area contributed by atoms with Gasteiger partial charge in [-0.2, -0.15) is 0 Å². The maximum Gasteiger partial charge on any atom is 0.144 e. The quantitative estimate of drug-likeness (QED) is 0.828. The van der Waals surface area contributed by atoms with Crippen LogP contribution in [0.5, 0.6) is 0 Å². The zero-order valence-electron chi connectivity index (χ0n) is 11.7. The number of hydrogen-bond donors (Lipinski definition) is 0. The van der Waals surface area contributed by atoms with Gasteiger partial charge in [-0.1, -0.05) is 57.5 Å². The van der Waals surface area contributed by atoms with E-state index in [4.69, 9.17) is 0 Å². The van der Waals surface area contributed by atoms with Crippen LogP contribution >= 0.6 is 0 Å². The van der Waals surface area contributed by atoms with E-state index in [1.54, 1.807) is 0 Å². The smallest absolute Gasteiger partial charge is 0.144 e. The number of hydrogen-bond acceptors (Lipinski definition) is 2. The van der Waals surface area contributed by atoms with Crippen LogP contribution in [-0.4, -0.2) is 20.9 Å². The molecule has 0 saturated carbocycles. The van der Waals surface area contributed by atoms with Gasteiger partial charge in [-0.25, -0.2) is 8.42 Å². The first-order valence-electron chi connectivity index (χ1n) is 6.12. The molecule has 1 aromatic carbocycles. The van der Waals surface area contributed by atoms with E-state index in [2.05, 4.69) is 37.3 Å². The number of aryl methyl sites for hydroxylation is 1. The summed E-state index contributed by atoms with van der Waals surface area (Å²) in [7, 11) is -2.67. The molecule has 17 heavy (non-hydrogen) atoms. The van der Waals surface area contributed by atoms with Gasteiger partial charge in [-0.05, 0) is 18.4 Å². The highest BCUT2D eigenvalue weighted by atomic mass is 32.2. The van der Waals surface area contributed by atoms with Gasteiger partial charge in [-0.3, -0.25) is 0 Å². The molecule has 0 aliphatic rings. The zero-order valence-corrected chi connectivity index (χ0v) is 12.5. The van der Waals surface area contributed by atoms with Crippen molar-refractivity contribution in [1.82, 2.24) is 0 Å². The van der Waals surface area contributed by atoms with Crippen LogP contribution in [0, 0.1) is 0 Å². The predicted molar refractivity (Wildman–Crippen MR) is 77.2 cm³/mol. The lowest BCUT2D eigenvalue weighted by molar-refractivity contribution is 0.607. The van der Waals surface area contributed by atoms with Crippen molar-refractivity contribution < 1.29 is 8.42 Å². The minimum absolute atomic E-state index is 1.16. The molecular weight excluding hydrogens is 232 g/mol. The summed E-state index contributed by atoms with van der Waals surface area (Å²) in [6.45, 7) is 6.23. The van der Waals surface area contributed by atoms with Crippen molar-refractivity contribution in [3.05, 3.63) is 35.9 Å². The predicted octanol–water partition coefficient (Wildman–Crippen LogP) is 3.72. The fraction of sp³-hybridized carbons (Fsp3) is 0.571. The summed E-state index contributed by atoms with van der Waals surface area (Å²) >= 11 is 0. The van der Waals surface area contributed by atoms with Crippen LogP contribution in [0.15, 0.2) is 30.3 Å². The largest absolute Gasteiger partial charge is 0.229 e. The maximum absolute atomic E-state index is 9.63. The summed E-state index contributed by atoms with van der Waals surface area (Å²) in [4.78, 5) is 0. The lowest BCUT2D eigenvalue weighted by atomic mass is 10.1. The van der Waals surface area contributed by atoms with Crippen LogP contribution in [-0.2, 0) is 16.3 Å². The van der Waals surface area contributed by atoms with E-state index in [0.717, 1.165) is 12.5 Å². The Labute approximate surface area is 107 Å². The lowest BCUT2D eigenvalue weighted by Crippen LogP contribution is -1.86. The normalized spacial score (nSPS) is 9.47. The molecule has 0 N–H and O–H groups in total. The molecule has 0 aliphatic heterocycles. The first-order chi connectivity index (χ1) is 7.93. The summed E-state index contributed by atoms with van der Waals surface area (Å²) in [6.07, 6.45) is 6.15.